The smallest absolute Gasteiger partial charge is 0.240 e. The molecule has 0 aliphatic heterocycles. The van der Waals surface area contributed by atoms with Crippen LogP contribution in [0.3, 0.4) is 0 Å². The summed E-state index contributed by atoms with van der Waals surface area (Å²) in [5, 5.41) is 0.0856. The number of nitrogens with one attached hydrogen (secondary N) is 1. The zero-order valence-electron chi connectivity index (χ0n) is 10.9. The highest BCUT2D eigenvalue weighted by atomic mass is 35.5. The molecule has 1 rings (SSSR count). The minimum atomic E-state index is -3.67. The van der Waals surface area contributed by atoms with Crippen LogP contribution in [0.25, 0.3) is 0 Å². The molecule has 108 valence electrons. The first-order valence-corrected chi connectivity index (χ1v) is 9.01. The Morgan fingerprint density at radius 2 is 2.05 bits per heavy atom. The molecule has 1 aromatic carbocycles. The molecule has 2 unspecified atom stereocenters. The quantitative estimate of drug-likeness (QED) is 0.798. The van der Waals surface area contributed by atoms with Crippen molar-refractivity contribution in [3.63, 3.8) is 0 Å². The Bertz CT molecular complexity index is 579. The maximum absolute atomic E-state index is 12.1. The van der Waals surface area contributed by atoms with Crippen LogP contribution in [-0.4, -0.2) is 30.7 Å². The molecular weight excluding hydrogens is 308 g/mol. The van der Waals surface area contributed by atoms with Gasteiger partial charge in [0.25, 0.3) is 0 Å². The van der Waals surface area contributed by atoms with Gasteiger partial charge in [0.15, 0.2) is 0 Å². The van der Waals surface area contributed by atoms with E-state index in [2.05, 4.69) is 4.72 Å². The average molecular weight is 325 g/mol. The summed E-state index contributed by atoms with van der Waals surface area (Å²) < 4.78 is 37.7. The third-order valence-corrected chi connectivity index (χ3v) is 5.91. The molecule has 1 aromatic rings. The average Bonchev–Trinajstić information content (AvgIpc) is 2.32. The van der Waals surface area contributed by atoms with Crippen molar-refractivity contribution < 1.29 is 12.6 Å². The molecule has 0 saturated heterocycles. The minimum absolute atomic E-state index is 0.0565. The number of rotatable bonds is 5. The maximum Gasteiger partial charge on any atom is 0.240 e. The van der Waals surface area contributed by atoms with Crippen LogP contribution in [0.1, 0.15) is 12.5 Å². The third-order valence-electron chi connectivity index (χ3n) is 2.69. The highest BCUT2D eigenvalue weighted by Crippen LogP contribution is 2.26. The van der Waals surface area contributed by atoms with Gasteiger partial charge in [0.1, 0.15) is 0 Å². The summed E-state index contributed by atoms with van der Waals surface area (Å²) in [4.78, 5) is 0.0565. The van der Waals surface area contributed by atoms with E-state index in [0.717, 1.165) is 0 Å². The van der Waals surface area contributed by atoms with Gasteiger partial charge < -0.3 is 5.73 Å². The second-order valence-electron chi connectivity index (χ2n) is 4.30. The van der Waals surface area contributed by atoms with Gasteiger partial charge in [-0.15, -0.1) is 0 Å². The van der Waals surface area contributed by atoms with E-state index in [-0.39, 0.29) is 22.4 Å². The van der Waals surface area contributed by atoms with E-state index in [9.17, 15) is 12.6 Å². The first kappa shape index (κ1) is 16.4. The van der Waals surface area contributed by atoms with E-state index in [4.69, 9.17) is 17.3 Å². The van der Waals surface area contributed by atoms with Crippen LogP contribution in [0.2, 0.25) is 5.02 Å². The Labute approximate surface area is 121 Å². The molecule has 0 saturated carbocycles. The number of hydrogen-bond acceptors (Lipinski definition) is 4. The van der Waals surface area contributed by atoms with Crippen molar-refractivity contribution in [2.75, 3.05) is 18.5 Å². The summed E-state index contributed by atoms with van der Waals surface area (Å²) in [6.07, 6.45) is 1.53. The van der Waals surface area contributed by atoms with Gasteiger partial charge in [0, 0.05) is 28.9 Å². The van der Waals surface area contributed by atoms with E-state index in [1.54, 1.807) is 13.8 Å². The molecule has 0 aliphatic rings. The topological polar surface area (TPSA) is 89.3 Å². The fraction of sp³-hybridized carbons (Fsp3) is 0.455. The van der Waals surface area contributed by atoms with Gasteiger partial charge in [0.05, 0.1) is 15.6 Å². The fourth-order valence-corrected chi connectivity index (χ4v) is 3.13. The van der Waals surface area contributed by atoms with Crippen molar-refractivity contribution in [1.29, 1.82) is 0 Å². The van der Waals surface area contributed by atoms with Crippen molar-refractivity contribution in [3.8, 4) is 0 Å². The predicted molar refractivity (Wildman–Crippen MR) is 79.3 cm³/mol. The molecule has 0 spiro atoms. The van der Waals surface area contributed by atoms with Crippen LogP contribution in [0.5, 0.6) is 0 Å². The van der Waals surface area contributed by atoms with E-state index in [0.29, 0.717) is 10.6 Å². The highest BCUT2D eigenvalue weighted by Gasteiger charge is 2.18. The summed E-state index contributed by atoms with van der Waals surface area (Å²) in [5.41, 5.74) is 6.46. The lowest BCUT2D eigenvalue weighted by molar-refractivity contribution is 0.580. The maximum atomic E-state index is 12.1. The van der Waals surface area contributed by atoms with Crippen LogP contribution in [-0.2, 0) is 20.8 Å². The number of nitrogens with two attached hydrogens (primary N) is 1. The first-order valence-electron chi connectivity index (χ1n) is 5.52. The fourth-order valence-electron chi connectivity index (χ4n) is 1.35. The second-order valence-corrected chi connectivity index (χ2v) is 8.25. The number of nitrogen functional groups attached to an aromatic ring is 1. The summed E-state index contributed by atoms with van der Waals surface area (Å²) in [5.74, 6) is 0. The molecule has 0 bridgehead atoms. The summed E-state index contributed by atoms with van der Waals surface area (Å²) in [6, 6.07) is 2.76. The first-order chi connectivity index (χ1) is 8.65. The number of hydrogen-bond donors (Lipinski definition) is 2. The number of benzene rings is 1. The largest absolute Gasteiger partial charge is 0.397 e. The number of sulfonamides is 1. The molecular formula is C11H17ClN2O3S2. The monoisotopic (exact) mass is 324 g/mol. The van der Waals surface area contributed by atoms with Gasteiger partial charge in [-0.25, -0.2) is 13.1 Å². The molecule has 0 aliphatic carbocycles. The number of anilines is 1. The van der Waals surface area contributed by atoms with Crippen molar-refractivity contribution in [3.05, 3.63) is 22.7 Å². The van der Waals surface area contributed by atoms with Crippen LogP contribution >= 0.6 is 11.6 Å². The Balaban J connectivity index is 2.98. The van der Waals surface area contributed by atoms with Crippen LogP contribution in [0.15, 0.2) is 17.0 Å². The van der Waals surface area contributed by atoms with Crippen molar-refractivity contribution in [2.24, 2.45) is 0 Å². The summed E-state index contributed by atoms with van der Waals surface area (Å²) in [7, 11) is -4.76. The van der Waals surface area contributed by atoms with Crippen LogP contribution in [0.4, 0.5) is 5.69 Å². The molecule has 19 heavy (non-hydrogen) atoms. The second kappa shape index (κ2) is 6.21. The Morgan fingerprint density at radius 1 is 1.47 bits per heavy atom. The van der Waals surface area contributed by atoms with Gasteiger partial charge >= 0.3 is 0 Å². The molecule has 8 heteroatoms. The van der Waals surface area contributed by atoms with E-state index in [1.165, 1.54) is 18.4 Å². The van der Waals surface area contributed by atoms with Gasteiger partial charge in [-0.1, -0.05) is 11.6 Å². The Kier molecular flexibility index (Phi) is 5.37. The van der Waals surface area contributed by atoms with Crippen LogP contribution < -0.4 is 10.5 Å². The third kappa shape index (κ3) is 4.17. The Hall–Kier alpha value is -0.630. The number of aryl methyl sites for hydroxylation is 1. The molecule has 0 radical (unpaired) electrons. The minimum Gasteiger partial charge on any atom is -0.397 e. The van der Waals surface area contributed by atoms with Crippen LogP contribution in [0, 0.1) is 6.92 Å². The zero-order valence-corrected chi connectivity index (χ0v) is 13.3. The summed E-state index contributed by atoms with van der Waals surface area (Å²) >= 11 is 5.89. The standard InChI is InChI=1S/C11H17ClN2O3S2/c1-7-4-9(5-10(13)11(7)12)19(16,17)14-6-8(2)18(3)15/h4-5,8,14H,6,13H2,1-3H3. The number of halogens is 1. The molecule has 5 nitrogen and oxygen atoms in total. The molecule has 0 amide bonds. The van der Waals surface area contributed by atoms with Crippen molar-refractivity contribution in [1.82, 2.24) is 4.72 Å². The normalized spacial score (nSPS) is 15.2. The van der Waals surface area contributed by atoms with E-state index >= 15 is 0 Å². The van der Waals surface area contributed by atoms with Crippen molar-refractivity contribution >= 4 is 38.1 Å². The van der Waals surface area contributed by atoms with Gasteiger partial charge in [0.2, 0.25) is 10.0 Å². The summed E-state index contributed by atoms with van der Waals surface area (Å²) in [6.45, 7) is 3.49. The SMILES string of the molecule is Cc1cc(S(=O)(=O)NCC(C)S(C)=O)cc(N)c1Cl. The lowest BCUT2D eigenvalue weighted by Gasteiger charge is -2.12. The molecule has 0 fully saturated rings. The van der Waals surface area contributed by atoms with E-state index in [1.807, 2.05) is 0 Å². The molecule has 3 N–H and O–H groups in total. The van der Waals surface area contributed by atoms with E-state index < -0.39 is 20.8 Å². The predicted octanol–water partition coefficient (Wildman–Crippen LogP) is 1.28. The molecule has 0 aromatic heterocycles. The lowest BCUT2D eigenvalue weighted by atomic mass is 10.2. The highest BCUT2D eigenvalue weighted by molar-refractivity contribution is 7.89. The lowest BCUT2D eigenvalue weighted by Crippen LogP contribution is -2.32. The molecule has 0 heterocycles. The van der Waals surface area contributed by atoms with Crippen molar-refractivity contribution in [2.45, 2.75) is 24.0 Å². The Morgan fingerprint density at radius 3 is 2.53 bits per heavy atom. The van der Waals surface area contributed by atoms with Gasteiger partial charge in [-0.05, 0) is 31.5 Å². The zero-order chi connectivity index (χ0) is 14.8. The van der Waals surface area contributed by atoms with Gasteiger partial charge in [-0.3, -0.25) is 4.21 Å². The van der Waals surface area contributed by atoms with Gasteiger partial charge in [-0.2, -0.15) is 0 Å². The molecule has 2 atom stereocenters.